The van der Waals surface area contributed by atoms with E-state index in [4.69, 9.17) is 14.2 Å². The van der Waals surface area contributed by atoms with E-state index in [-0.39, 0.29) is 31.1 Å². The molecule has 0 bridgehead atoms. The first-order valence-electron chi connectivity index (χ1n) is 31.4. The van der Waals surface area contributed by atoms with Crippen LogP contribution in [-0.4, -0.2) is 37.2 Å². The average Bonchev–Trinajstić information content (AvgIpc) is 3.41. The van der Waals surface area contributed by atoms with E-state index in [1.165, 1.54) is 128 Å². The van der Waals surface area contributed by atoms with Crippen molar-refractivity contribution in [3.8, 4) is 0 Å². The number of allylic oxidation sites excluding steroid dienone is 18. The molecule has 0 saturated carbocycles. The molecule has 0 saturated heterocycles. The van der Waals surface area contributed by atoms with Gasteiger partial charge in [-0.2, -0.15) is 0 Å². The van der Waals surface area contributed by atoms with E-state index in [2.05, 4.69) is 130 Å². The minimum atomic E-state index is -0.783. The summed E-state index contributed by atoms with van der Waals surface area (Å²) in [6, 6.07) is 0. The third-order valence-electron chi connectivity index (χ3n) is 13.3. The zero-order valence-electron chi connectivity index (χ0n) is 49.0. The Hall–Kier alpha value is -3.93. The summed E-state index contributed by atoms with van der Waals surface area (Å²) >= 11 is 0. The van der Waals surface area contributed by atoms with Gasteiger partial charge in [-0.15, -0.1) is 0 Å². The van der Waals surface area contributed by atoms with Crippen LogP contribution in [0.25, 0.3) is 0 Å². The Morgan fingerprint density at radius 3 is 0.867 bits per heavy atom. The van der Waals surface area contributed by atoms with Gasteiger partial charge >= 0.3 is 17.9 Å². The summed E-state index contributed by atoms with van der Waals surface area (Å²) < 4.78 is 16.8. The lowest BCUT2D eigenvalue weighted by Crippen LogP contribution is -2.30. The second-order valence-electron chi connectivity index (χ2n) is 20.6. The van der Waals surface area contributed by atoms with E-state index in [0.717, 1.165) is 122 Å². The summed E-state index contributed by atoms with van der Waals surface area (Å²) in [5.41, 5.74) is 0. The van der Waals surface area contributed by atoms with Crippen molar-refractivity contribution in [2.24, 2.45) is 0 Å². The van der Waals surface area contributed by atoms with Crippen LogP contribution >= 0.6 is 0 Å². The molecule has 75 heavy (non-hydrogen) atoms. The van der Waals surface area contributed by atoms with E-state index in [1.807, 2.05) is 0 Å². The molecule has 0 aromatic heterocycles. The van der Waals surface area contributed by atoms with E-state index in [9.17, 15) is 14.4 Å². The molecule has 1 atom stereocenters. The van der Waals surface area contributed by atoms with Crippen LogP contribution in [0.2, 0.25) is 0 Å². The lowest BCUT2D eigenvalue weighted by atomic mass is 10.0. The topological polar surface area (TPSA) is 78.9 Å². The second kappa shape index (κ2) is 62.6. The maximum absolute atomic E-state index is 12.8. The molecule has 0 aliphatic carbocycles. The van der Waals surface area contributed by atoms with Crippen LogP contribution in [0.4, 0.5) is 0 Å². The van der Waals surface area contributed by atoms with Gasteiger partial charge in [0.1, 0.15) is 13.2 Å². The molecular weight excluding hydrogens is 925 g/mol. The standard InChI is InChI=1S/C69H116O6/c1-4-7-10-13-16-19-22-24-25-26-27-28-29-30-31-32-33-34-35-36-37-38-39-40-41-42-43-45-47-50-53-56-59-62-68(71)74-65-66(64-73-67(70)61-58-55-52-49-46-21-18-15-12-9-6-3)75-69(72)63-60-57-54-51-48-44-23-20-17-14-11-8-5-2/h7,10,15-16,18-19,24-25,27-28,30-31,33-34,36-37,39-40,66H,4-6,8-9,11-14,17,20-23,26,29,32,35,38,41-65H2,1-3H3/b10-7-,18-15-,19-16-,25-24-,28-27-,31-30-,34-33-,37-36-,40-39-. The second-order valence-corrected chi connectivity index (χ2v) is 20.6. The third kappa shape index (κ3) is 60.8. The van der Waals surface area contributed by atoms with E-state index < -0.39 is 6.10 Å². The molecule has 6 heteroatoms. The number of unbranched alkanes of at least 4 members (excludes halogenated alkanes) is 27. The molecule has 428 valence electrons. The number of hydrogen-bond donors (Lipinski definition) is 0. The summed E-state index contributed by atoms with van der Waals surface area (Å²) in [5, 5.41) is 0. The van der Waals surface area contributed by atoms with Gasteiger partial charge in [-0.1, -0.05) is 278 Å². The maximum Gasteiger partial charge on any atom is 0.306 e. The number of carbonyl (C=O) groups excluding carboxylic acids is 3. The number of rotatable bonds is 56. The molecule has 0 radical (unpaired) electrons. The highest BCUT2D eigenvalue weighted by atomic mass is 16.6. The monoisotopic (exact) mass is 1040 g/mol. The Kier molecular flexibility index (Phi) is 59.3. The van der Waals surface area contributed by atoms with Crippen LogP contribution in [0, 0.1) is 0 Å². The SMILES string of the molecule is CC/C=C\C/C=C\C/C=C\C/C=C\C/C=C\C/C=C\C/C=C\C/C=C\CCCCCCCCCCC(=O)OCC(COC(=O)CCCCCCC/C=C\CCCC)OC(=O)CCCCCCCCCCCCCCC. The van der Waals surface area contributed by atoms with Gasteiger partial charge in [0.25, 0.3) is 0 Å². The predicted octanol–water partition coefficient (Wildman–Crippen LogP) is 21.4. The minimum Gasteiger partial charge on any atom is -0.462 e. The molecule has 0 aromatic carbocycles. The van der Waals surface area contributed by atoms with Gasteiger partial charge in [0.05, 0.1) is 0 Å². The summed E-state index contributed by atoms with van der Waals surface area (Å²) in [4.78, 5) is 38.1. The summed E-state index contributed by atoms with van der Waals surface area (Å²) in [6.45, 7) is 6.48. The smallest absolute Gasteiger partial charge is 0.306 e. The molecule has 0 heterocycles. The fourth-order valence-electron chi connectivity index (χ4n) is 8.56. The van der Waals surface area contributed by atoms with Crippen LogP contribution in [0.15, 0.2) is 109 Å². The summed E-state index contributed by atoms with van der Waals surface area (Å²) in [6.07, 6.45) is 85.3. The van der Waals surface area contributed by atoms with Gasteiger partial charge in [0.2, 0.25) is 0 Å². The van der Waals surface area contributed by atoms with Crippen molar-refractivity contribution < 1.29 is 28.6 Å². The summed E-state index contributed by atoms with van der Waals surface area (Å²) in [5.74, 6) is -0.894. The molecule has 0 spiro atoms. The van der Waals surface area contributed by atoms with E-state index in [1.54, 1.807) is 0 Å². The van der Waals surface area contributed by atoms with Crippen molar-refractivity contribution in [2.75, 3.05) is 13.2 Å². The molecule has 0 aliphatic rings. The molecule has 6 nitrogen and oxygen atoms in total. The van der Waals surface area contributed by atoms with Gasteiger partial charge in [-0.3, -0.25) is 14.4 Å². The van der Waals surface area contributed by atoms with Crippen LogP contribution in [0.1, 0.15) is 290 Å². The van der Waals surface area contributed by atoms with Crippen molar-refractivity contribution in [3.05, 3.63) is 109 Å². The molecule has 0 amide bonds. The van der Waals surface area contributed by atoms with Crippen LogP contribution in [0.3, 0.4) is 0 Å². The van der Waals surface area contributed by atoms with Crippen molar-refractivity contribution >= 4 is 17.9 Å². The van der Waals surface area contributed by atoms with Gasteiger partial charge in [-0.25, -0.2) is 0 Å². The predicted molar refractivity (Wildman–Crippen MR) is 325 cm³/mol. The van der Waals surface area contributed by atoms with Gasteiger partial charge in [0, 0.05) is 19.3 Å². The van der Waals surface area contributed by atoms with Gasteiger partial charge in [-0.05, 0) is 103 Å². The van der Waals surface area contributed by atoms with E-state index in [0.29, 0.717) is 19.3 Å². The lowest BCUT2D eigenvalue weighted by molar-refractivity contribution is -0.167. The molecule has 0 rings (SSSR count). The fourth-order valence-corrected chi connectivity index (χ4v) is 8.56. The highest BCUT2D eigenvalue weighted by Crippen LogP contribution is 2.16. The molecule has 0 fully saturated rings. The minimum absolute atomic E-state index is 0.0826. The molecule has 0 N–H and O–H groups in total. The highest BCUT2D eigenvalue weighted by molar-refractivity contribution is 5.71. The van der Waals surface area contributed by atoms with Crippen LogP contribution in [0.5, 0.6) is 0 Å². The number of hydrogen-bond acceptors (Lipinski definition) is 6. The normalized spacial score (nSPS) is 12.8. The number of ether oxygens (including phenoxy) is 3. The molecule has 0 aromatic rings. The largest absolute Gasteiger partial charge is 0.462 e. The zero-order valence-corrected chi connectivity index (χ0v) is 49.0. The lowest BCUT2D eigenvalue weighted by Gasteiger charge is -2.18. The Morgan fingerprint density at radius 2 is 0.533 bits per heavy atom. The Morgan fingerprint density at radius 1 is 0.280 bits per heavy atom. The summed E-state index contributed by atoms with van der Waals surface area (Å²) in [7, 11) is 0. The number of carbonyl (C=O) groups is 3. The van der Waals surface area contributed by atoms with Crippen molar-refractivity contribution in [2.45, 2.75) is 297 Å². The van der Waals surface area contributed by atoms with Crippen molar-refractivity contribution in [1.82, 2.24) is 0 Å². The fraction of sp³-hybridized carbons (Fsp3) is 0.696. The van der Waals surface area contributed by atoms with Crippen LogP contribution in [-0.2, 0) is 28.6 Å². The first-order valence-corrected chi connectivity index (χ1v) is 31.4. The quantitative estimate of drug-likeness (QED) is 0.0261. The maximum atomic E-state index is 12.8. The number of esters is 3. The Balaban J connectivity index is 4.20. The van der Waals surface area contributed by atoms with Crippen LogP contribution < -0.4 is 0 Å². The molecule has 0 aliphatic heterocycles. The third-order valence-corrected chi connectivity index (χ3v) is 13.3. The Labute approximate surface area is 463 Å². The molecular formula is C69H116O6. The highest BCUT2D eigenvalue weighted by Gasteiger charge is 2.19. The van der Waals surface area contributed by atoms with E-state index >= 15 is 0 Å². The zero-order chi connectivity index (χ0) is 54.3. The Bertz CT molecular complexity index is 1520. The van der Waals surface area contributed by atoms with Crippen molar-refractivity contribution in [3.63, 3.8) is 0 Å². The van der Waals surface area contributed by atoms with Gasteiger partial charge in [0.15, 0.2) is 6.10 Å². The first-order chi connectivity index (χ1) is 37.0. The van der Waals surface area contributed by atoms with Crippen molar-refractivity contribution in [1.29, 1.82) is 0 Å². The molecule has 1 unspecified atom stereocenters. The average molecular weight is 1040 g/mol. The van der Waals surface area contributed by atoms with Gasteiger partial charge < -0.3 is 14.2 Å². The first kappa shape index (κ1) is 71.1.